The lowest BCUT2D eigenvalue weighted by Gasteiger charge is -2.30. The molecule has 0 saturated carbocycles. The second-order valence-corrected chi connectivity index (χ2v) is 10.7. The van der Waals surface area contributed by atoms with Crippen LogP contribution in [0, 0.1) is 0 Å². The minimum absolute atomic E-state index is 0.362. The quantitative estimate of drug-likeness (QED) is 0.267. The van der Waals surface area contributed by atoms with Gasteiger partial charge in [0.15, 0.2) is 0 Å². The lowest BCUT2D eigenvalue weighted by molar-refractivity contribution is 0.328. The van der Waals surface area contributed by atoms with Gasteiger partial charge in [-0.25, -0.2) is 0 Å². The maximum Gasteiger partial charge on any atom is 0.253 e. The van der Waals surface area contributed by atoms with Crippen LogP contribution in [0.2, 0.25) is 0 Å². The molecule has 0 radical (unpaired) electrons. The van der Waals surface area contributed by atoms with Crippen LogP contribution in [0.1, 0.15) is 23.8 Å². The summed E-state index contributed by atoms with van der Waals surface area (Å²) in [6.07, 6.45) is 0. The summed E-state index contributed by atoms with van der Waals surface area (Å²) in [6.45, 7) is 2.84. The number of hydrogen-bond donors (Lipinski definition) is 1. The van der Waals surface area contributed by atoms with Gasteiger partial charge in [0.05, 0.1) is 6.61 Å². The Hall–Kier alpha value is -2.23. The molecule has 31 heavy (non-hydrogen) atoms. The van der Waals surface area contributed by atoms with Crippen molar-refractivity contribution in [3.8, 4) is 0 Å². The van der Waals surface area contributed by atoms with E-state index < -0.39 is 13.2 Å². The molecule has 158 valence electrons. The van der Waals surface area contributed by atoms with E-state index in [-0.39, 0.29) is 0 Å². The molecule has 0 amide bonds. The summed E-state index contributed by atoms with van der Waals surface area (Å²) in [7, 11) is -3.33. The van der Waals surface area contributed by atoms with Gasteiger partial charge < -0.3 is 4.52 Å². The third kappa shape index (κ3) is 4.83. The van der Waals surface area contributed by atoms with E-state index in [0.29, 0.717) is 13.2 Å². The molecular weight excluding hydrogens is 469 g/mol. The molecule has 2 atom stereocenters. The molecule has 4 aromatic rings. The number of hydrogen-bond acceptors (Lipinski definition) is 3. The zero-order valence-electron chi connectivity index (χ0n) is 17.4. The highest BCUT2D eigenvalue weighted by Gasteiger charge is 2.38. The molecule has 0 aliphatic rings. The topological polar surface area (TPSA) is 38.3 Å². The van der Waals surface area contributed by atoms with E-state index in [0.717, 1.165) is 31.7 Å². The number of fused-ring (bicyclic) bond motifs is 1. The van der Waals surface area contributed by atoms with Crippen LogP contribution in [0.25, 0.3) is 10.8 Å². The first-order valence-electron chi connectivity index (χ1n) is 10.4. The highest BCUT2D eigenvalue weighted by Crippen LogP contribution is 2.58. The fourth-order valence-electron chi connectivity index (χ4n) is 3.84. The van der Waals surface area contributed by atoms with Gasteiger partial charge in [0.25, 0.3) is 7.37 Å². The maximum atomic E-state index is 14.7. The maximum absolute atomic E-state index is 14.7. The largest absolute Gasteiger partial charge is 0.324 e. The lowest BCUT2D eigenvalue weighted by Crippen LogP contribution is -2.27. The molecule has 0 saturated heterocycles. The average molecular weight is 494 g/mol. The highest BCUT2D eigenvalue weighted by molar-refractivity contribution is 9.10. The fraction of sp³-hybridized carbons (Fsp3) is 0.154. The molecular formula is C26H25BrNO2P. The average Bonchev–Trinajstić information content (AvgIpc) is 2.81. The van der Waals surface area contributed by atoms with Crippen LogP contribution in [0.3, 0.4) is 0 Å². The van der Waals surface area contributed by atoms with Gasteiger partial charge in [0, 0.05) is 16.3 Å². The molecule has 4 aromatic carbocycles. The Morgan fingerprint density at radius 1 is 0.871 bits per heavy atom. The van der Waals surface area contributed by atoms with Gasteiger partial charge in [0.2, 0.25) is 0 Å². The van der Waals surface area contributed by atoms with Crippen molar-refractivity contribution in [2.45, 2.75) is 19.3 Å². The zero-order valence-corrected chi connectivity index (χ0v) is 19.9. The third-order valence-corrected chi connectivity index (χ3v) is 8.68. The predicted octanol–water partition coefficient (Wildman–Crippen LogP) is 7.03. The van der Waals surface area contributed by atoms with E-state index >= 15 is 0 Å². The summed E-state index contributed by atoms with van der Waals surface area (Å²) in [4.78, 5) is 0. The van der Waals surface area contributed by atoms with Gasteiger partial charge in [-0.3, -0.25) is 9.88 Å². The molecule has 0 aliphatic heterocycles. The first kappa shape index (κ1) is 22.0. The van der Waals surface area contributed by atoms with E-state index in [1.165, 1.54) is 0 Å². The Kier molecular flexibility index (Phi) is 7.04. The summed E-state index contributed by atoms with van der Waals surface area (Å²) in [5.74, 6) is -0.480. The van der Waals surface area contributed by atoms with E-state index in [9.17, 15) is 4.57 Å². The normalized spacial score (nSPS) is 14.3. The first-order chi connectivity index (χ1) is 15.1. The van der Waals surface area contributed by atoms with E-state index in [2.05, 4.69) is 33.4 Å². The second-order valence-electron chi connectivity index (χ2n) is 7.33. The Morgan fingerprint density at radius 3 is 2.29 bits per heavy atom. The van der Waals surface area contributed by atoms with Gasteiger partial charge in [-0.2, -0.15) is 0 Å². The molecule has 0 fully saturated rings. The van der Waals surface area contributed by atoms with Crippen LogP contribution < -0.4 is 10.6 Å². The summed E-state index contributed by atoms with van der Waals surface area (Å²) in [6, 6.07) is 32.1. The van der Waals surface area contributed by atoms with Crippen molar-refractivity contribution in [3.63, 3.8) is 0 Å². The van der Waals surface area contributed by atoms with E-state index in [1.807, 2.05) is 91.9 Å². The number of benzene rings is 4. The van der Waals surface area contributed by atoms with E-state index in [4.69, 9.17) is 4.52 Å². The Bertz CT molecular complexity index is 1190. The van der Waals surface area contributed by atoms with Gasteiger partial charge in [-0.15, -0.1) is 0 Å². The van der Waals surface area contributed by atoms with Crippen LogP contribution in [0.5, 0.6) is 0 Å². The van der Waals surface area contributed by atoms with Crippen molar-refractivity contribution < 1.29 is 9.09 Å². The molecule has 0 aliphatic carbocycles. The van der Waals surface area contributed by atoms with E-state index in [1.54, 1.807) is 0 Å². The summed E-state index contributed by atoms with van der Waals surface area (Å²) < 4.78 is 21.9. The van der Waals surface area contributed by atoms with Crippen LogP contribution >= 0.6 is 23.3 Å². The van der Waals surface area contributed by atoms with Crippen molar-refractivity contribution in [1.82, 2.24) is 5.32 Å². The summed E-state index contributed by atoms with van der Waals surface area (Å²) in [5.41, 5.74) is 2.06. The molecule has 1 N–H and O–H groups in total. The fourth-order valence-corrected chi connectivity index (χ4v) is 6.79. The molecule has 5 heteroatoms. The number of rotatable bonds is 8. The second kappa shape index (κ2) is 9.93. The van der Waals surface area contributed by atoms with Crippen molar-refractivity contribution in [2.24, 2.45) is 0 Å². The number of nitrogens with one attached hydrogen (secondary N) is 1. The van der Waals surface area contributed by atoms with Gasteiger partial charge in [-0.1, -0.05) is 94.8 Å². The summed E-state index contributed by atoms with van der Waals surface area (Å²) in [5, 5.41) is 6.32. The molecule has 0 spiro atoms. The minimum Gasteiger partial charge on any atom is -0.324 e. The zero-order chi connectivity index (χ0) is 21.7. The molecule has 3 nitrogen and oxygen atoms in total. The monoisotopic (exact) mass is 493 g/mol. The predicted molar refractivity (Wildman–Crippen MR) is 133 cm³/mol. The Balaban J connectivity index is 1.84. The standard InChI is InChI=1S/C26H25BrNO2P/c1-2-30-31(29,25-14-8-12-21-11-6-7-13-24(21)25)26(22-15-17-23(27)18-16-22)28-19-20-9-4-3-5-10-20/h3-18,26,28H,2,19H2,1H3. The third-order valence-electron chi connectivity index (χ3n) is 5.29. The smallest absolute Gasteiger partial charge is 0.253 e. The van der Waals surface area contributed by atoms with Crippen molar-refractivity contribution >= 4 is 39.4 Å². The van der Waals surface area contributed by atoms with Crippen LogP contribution in [-0.4, -0.2) is 6.61 Å². The SMILES string of the molecule is CCOP(=O)(c1cccc2ccccc12)C(NCc1ccccc1)c1ccc(Br)cc1. The highest BCUT2D eigenvalue weighted by atomic mass is 79.9. The van der Waals surface area contributed by atoms with Crippen LogP contribution in [-0.2, 0) is 15.6 Å². The molecule has 0 heterocycles. The van der Waals surface area contributed by atoms with Crippen LogP contribution in [0.4, 0.5) is 0 Å². The molecule has 0 bridgehead atoms. The summed E-state index contributed by atoms with van der Waals surface area (Å²) >= 11 is 3.51. The lowest BCUT2D eigenvalue weighted by atomic mass is 10.1. The van der Waals surface area contributed by atoms with Crippen molar-refractivity contribution in [1.29, 1.82) is 0 Å². The van der Waals surface area contributed by atoms with Crippen LogP contribution in [0.15, 0.2) is 102 Å². The molecule has 0 aromatic heterocycles. The first-order valence-corrected chi connectivity index (χ1v) is 12.9. The van der Waals surface area contributed by atoms with Gasteiger partial charge in [-0.05, 0) is 47.0 Å². The Morgan fingerprint density at radius 2 is 1.55 bits per heavy atom. The van der Waals surface area contributed by atoms with Gasteiger partial charge in [0.1, 0.15) is 5.78 Å². The van der Waals surface area contributed by atoms with Crippen molar-refractivity contribution in [3.05, 3.63) is 113 Å². The Labute approximate surface area is 192 Å². The minimum atomic E-state index is -3.33. The van der Waals surface area contributed by atoms with Crippen molar-refractivity contribution in [2.75, 3.05) is 6.61 Å². The molecule has 4 rings (SSSR count). The van der Waals surface area contributed by atoms with Gasteiger partial charge >= 0.3 is 0 Å². The molecule has 2 unspecified atom stereocenters. The number of halogens is 1.